The smallest absolute Gasteiger partial charge is 0.258 e. The predicted octanol–water partition coefficient (Wildman–Crippen LogP) is 1.27. The second-order valence-corrected chi connectivity index (χ2v) is 6.62. The first-order chi connectivity index (χ1) is 12.1. The van der Waals surface area contributed by atoms with Gasteiger partial charge < -0.3 is 9.63 Å². The van der Waals surface area contributed by atoms with Crippen molar-refractivity contribution in [3.8, 4) is 11.5 Å². The van der Waals surface area contributed by atoms with Crippen LogP contribution in [0.3, 0.4) is 0 Å². The zero-order chi connectivity index (χ0) is 17.3. The molecule has 2 aromatic heterocycles. The van der Waals surface area contributed by atoms with E-state index in [1.165, 1.54) is 0 Å². The Labute approximate surface area is 145 Å². The fraction of sp³-hybridized carbons (Fsp3) is 0.412. The zero-order valence-electron chi connectivity index (χ0n) is 14.0. The van der Waals surface area contributed by atoms with Crippen molar-refractivity contribution >= 4 is 0 Å². The number of likely N-dealkylation sites (tertiary alicyclic amines) is 1. The summed E-state index contributed by atoms with van der Waals surface area (Å²) >= 11 is 0. The molecule has 8 nitrogen and oxygen atoms in total. The molecule has 1 atom stereocenters. The molecule has 1 fully saturated rings. The van der Waals surface area contributed by atoms with E-state index >= 15 is 0 Å². The van der Waals surface area contributed by atoms with Gasteiger partial charge in [0.15, 0.2) is 5.82 Å². The summed E-state index contributed by atoms with van der Waals surface area (Å²) in [5.74, 6) is 1.16. The van der Waals surface area contributed by atoms with Gasteiger partial charge in [0.1, 0.15) is 0 Å². The van der Waals surface area contributed by atoms with Gasteiger partial charge in [-0.05, 0) is 25.0 Å². The molecular formula is C17H20N6O2. The minimum Gasteiger partial charge on any atom is -0.387 e. The highest BCUT2D eigenvalue weighted by Gasteiger charge is 2.37. The normalized spacial score (nSPS) is 21.0. The van der Waals surface area contributed by atoms with E-state index in [9.17, 15) is 5.11 Å². The van der Waals surface area contributed by atoms with Crippen LogP contribution in [-0.4, -0.2) is 53.8 Å². The van der Waals surface area contributed by atoms with Crippen LogP contribution in [0.1, 0.15) is 17.8 Å². The highest BCUT2D eigenvalue weighted by atomic mass is 16.5. The van der Waals surface area contributed by atoms with Gasteiger partial charge in [0, 0.05) is 24.8 Å². The molecule has 0 radical (unpaired) electrons. The molecule has 130 valence electrons. The van der Waals surface area contributed by atoms with E-state index in [4.69, 9.17) is 4.52 Å². The third-order valence-electron chi connectivity index (χ3n) is 4.55. The summed E-state index contributed by atoms with van der Waals surface area (Å²) in [6.45, 7) is 4.32. The molecule has 3 aromatic rings. The second-order valence-electron chi connectivity index (χ2n) is 6.62. The van der Waals surface area contributed by atoms with Gasteiger partial charge in [0.05, 0.1) is 24.9 Å². The first kappa shape index (κ1) is 15.9. The van der Waals surface area contributed by atoms with Crippen LogP contribution < -0.4 is 0 Å². The number of β-amino-alcohol motifs (C(OH)–C–C–N with tert-alkyl or cyclic N) is 1. The van der Waals surface area contributed by atoms with Crippen molar-refractivity contribution in [1.82, 2.24) is 30.0 Å². The first-order valence-corrected chi connectivity index (χ1v) is 8.29. The first-order valence-electron chi connectivity index (χ1n) is 8.29. The Bertz CT molecular complexity index is 846. The summed E-state index contributed by atoms with van der Waals surface area (Å²) in [5.41, 5.74) is 1.24. The van der Waals surface area contributed by atoms with Gasteiger partial charge in [-0.2, -0.15) is 4.98 Å². The quantitative estimate of drug-likeness (QED) is 0.747. The molecular weight excluding hydrogens is 320 g/mol. The largest absolute Gasteiger partial charge is 0.387 e. The molecule has 3 heterocycles. The lowest BCUT2D eigenvalue weighted by Crippen LogP contribution is -2.37. The molecule has 25 heavy (non-hydrogen) atoms. The van der Waals surface area contributed by atoms with E-state index in [2.05, 4.69) is 25.4 Å². The van der Waals surface area contributed by atoms with E-state index in [-0.39, 0.29) is 0 Å². The molecule has 1 N–H and O–H groups in total. The second kappa shape index (κ2) is 6.38. The van der Waals surface area contributed by atoms with Crippen LogP contribution in [0.5, 0.6) is 0 Å². The number of benzene rings is 1. The van der Waals surface area contributed by atoms with Gasteiger partial charge in [-0.25, -0.2) is 4.68 Å². The lowest BCUT2D eigenvalue weighted by Gasteiger charge is -2.22. The maximum absolute atomic E-state index is 10.7. The van der Waals surface area contributed by atoms with Gasteiger partial charge in [0.25, 0.3) is 5.89 Å². The van der Waals surface area contributed by atoms with Gasteiger partial charge in [-0.3, -0.25) is 4.90 Å². The van der Waals surface area contributed by atoms with Crippen molar-refractivity contribution in [2.75, 3.05) is 13.1 Å². The zero-order valence-corrected chi connectivity index (χ0v) is 14.0. The standard InChI is InChI=1S/C17H20N6O2/c1-13-4-2-3-5-14(13)16-19-15(20-25-16)10-22-8-6-17(24,11-22)12-23-9-7-18-21-23/h2-5,7,9,24H,6,8,10-12H2,1H3. The van der Waals surface area contributed by atoms with E-state index in [1.807, 2.05) is 31.2 Å². The van der Waals surface area contributed by atoms with Crippen molar-refractivity contribution in [2.45, 2.75) is 32.0 Å². The van der Waals surface area contributed by atoms with Gasteiger partial charge in [0.2, 0.25) is 0 Å². The molecule has 0 saturated carbocycles. The summed E-state index contributed by atoms with van der Waals surface area (Å²) in [6.07, 6.45) is 4.05. The Morgan fingerprint density at radius 1 is 1.32 bits per heavy atom. The van der Waals surface area contributed by atoms with E-state index in [1.54, 1.807) is 17.1 Å². The average molecular weight is 340 g/mol. The Kier molecular flexibility index (Phi) is 4.06. The van der Waals surface area contributed by atoms with Gasteiger partial charge in [-0.15, -0.1) is 5.10 Å². The van der Waals surface area contributed by atoms with Crippen molar-refractivity contribution in [2.24, 2.45) is 0 Å². The molecule has 0 amide bonds. The lowest BCUT2D eigenvalue weighted by atomic mass is 10.0. The van der Waals surface area contributed by atoms with Gasteiger partial charge in [-0.1, -0.05) is 28.6 Å². The molecule has 1 aliphatic heterocycles. The number of aryl methyl sites for hydroxylation is 1. The topological polar surface area (TPSA) is 93.1 Å². The van der Waals surface area contributed by atoms with Crippen LogP contribution in [0.4, 0.5) is 0 Å². The summed E-state index contributed by atoms with van der Waals surface area (Å²) in [6, 6.07) is 7.93. The molecule has 1 saturated heterocycles. The third-order valence-corrected chi connectivity index (χ3v) is 4.55. The minimum atomic E-state index is -0.809. The fourth-order valence-corrected chi connectivity index (χ4v) is 3.26. The highest BCUT2D eigenvalue weighted by Crippen LogP contribution is 2.25. The summed E-state index contributed by atoms with van der Waals surface area (Å²) in [4.78, 5) is 6.63. The van der Waals surface area contributed by atoms with Crippen molar-refractivity contribution in [1.29, 1.82) is 0 Å². The SMILES string of the molecule is Cc1ccccc1-c1nc(CN2CCC(O)(Cn3ccnn3)C2)no1. The average Bonchev–Trinajstić information content (AvgIpc) is 3.31. The predicted molar refractivity (Wildman–Crippen MR) is 89.3 cm³/mol. The monoisotopic (exact) mass is 340 g/mol. The minimum absolute atomic E-state index is 0.435. The molecule has 4 rings (SSSR count). The van der Waals surface area contributed by atoms with E-state index in [0.717, 1.165) is 17.7 Å². The van der Waals surface area contributed by atoms with Crippen LogP contribution in [0.15, 0.2) is 41.2 Å². The summed E-state index contributed by atoms with van der Waals surface area (Å²) in [5, 5.41) is 22.5. The molecule has 0 aliphatic carbocycles. The van der Waals surface area contributed by atoms with Crippen LogP contribution in [-0.2, 0) is 13.1 Å². The maximum atomic E-state index is 10.7. The fourth-order valence-electron chi connectivity index (χ4n) is 3.26. The highest BCUT2D eigenvalue weighted by molar-refractivity contribution is 5.57. The third kappa shape index (κ3) is 3.45. The van der Waals surface area contributed by atoms with Crippen LogP contribution in [0.25, 0.3) is 11.5 Å². The molecule has 1 unspecified atom stereocenters. The number of nitrogens with zero attached hydrogens (tertiary/aromatic N) is 6. The number of aliphatic hydroxyl groups is 1. The van der Waals surface area contributed by atoms with Crippen LogP contribution in [0, 0.1) is 6.92 Å². The molecule has 1 aromatic carbocycles. The Balaban J connectivity index is 1.41. The Hall–Kier alpha value is -2.58. The van der Waals surface area contributed by atoms with Crippen LogP contribution in [0.2, 0.25) is 0 Å². The number of rotatable bonds is 5. The Morgan fingerprint density at radius 2 is 2.20 bits per heavy atom. The summed E-state index contributed by atoms with van der Waals surface area (Å²) < 4.78 is 7.07. The van der Waals surface area contributed by atoms with E-state index in [0.29, 0.717) is 37.8 Å². The number of hydrogen-bond donors (Lipinski definition) is 1. The molecule has 0 bridgehead atoms. The lowest BCUT2D eigenvalue weighted by molar-refractivity contribution is 0.0271. The molecule has 0 spiro atoms. The van der Waals surface area contributed by atoms with Crippen LogP contribution >= 0.6 is 0 Å². The molecule has 8 heteroatoms. The van der Waals surface area contributed by atoms with E-state index < -0.39 is 5.60 Å². The maximum Gasteiger partial charge on any atom is 0.258 e. The van der Waals surface area contributed by atoms with Gasteiger partial charge >= 0.3 is 0 Å². The number of aromatic nitrogens is 5. The van der Waals surface area contributed by atoms with Crippen molar-refractivity contribution in [3.05, 3.63) is 48.0 Å². The Morgan fingerprint density at radius 3 is 3.00 bits per heavy atom. The summed E-state index contributed by atoms with van der Waals surface area (Å²) in [7, 11) is 0. The van der Waals surface area contributed by atoms with Crippen molar-refractivity contribution < 1.29 is 9.63 Å². The molecule has 1 aliphatic rings. The number of hydrogen-bond acceptors (Lipinski definition) is 7. The van der Waals surface area contributed by atoms with Crippen molar-refractivity contribution in [3.63, 3.8) is 0 Å².